The number of ether oxygens (including phenoxy) is 1. The van der Waals surface area contributed by atoms with Crippen LogP contribution in [-0.2, 0) is 14.8 Å². The largest absolute Gasteiger partial charge is 0.393 e. The van der Waals surface area contributed by atoms with Crippen molar-refractivity contribution < 1.29 is 18.1 Å². The summed E-state index contributed by atoms with van der Waals surface area (Å²) in [7, 11) is -4.02. The number of benzene rings is 1. The van der Waals surface area contributed by atoms with E-state index >= 15 is 0 Å². The van der Waals surface area contributed by atoms with Crippen LogP contribution in [0.15, 0.2) is 23.1 Å². The van der Waals surface area contributed by atoms with Gasteiger partial charge in [-0.05, 0) is 25.5 Å². The molecule has 1 aromatic rings. The topological polar surface area (TPSA) is 125 Å². The first-order valence-corrected chi connectivity index (χ1v) is 7.94. The van der Waals surface area contributed by atoms with Crippen molar-refractivity contribution in [2.45, 2.75) is 24.3 Å². The number of nitrogens with zero attached hydrogens (tertiary/aromatic N) is 1. The Labute approximate surface area is 122 Å². The van der Waals surface area contributed by atoms with Gasteiger partial charge in [0.25, 0.3) is 0 Å². The van der Waals surface area contributed by atoms with E-state index in [9.17, 15) is 18.5 Å². The van der Waals surface area contributed by atoms with E-state index in [0.29, 0.717) is 13.2 Å². The second-order valence-corrected chi connectivity index (χ2v) is 6.67. The summed E-state index contributed by atoms with van der Waals surface area (Å²) in [5.74, 6) is 0.0555. The summed E-state index contributed by atoms with van der Waals surface area (Å²) in [5, 5.41) is 11.0. The van der Waals surface area contributed by atoms with Gasteiger partial charge in [0.1, 0.15) is 5.69 Å². The lowest BCUT2D eigenvalue weighted by atomic mass is 10.0. The third-order valence-corrected chi connectivity index (χ3v) is 5.11. The highest BCUT2D eigenvalue weighted by Crippen LogP contribution is 2.30. The highest BCUT2D eigenvalue weighted by Gasteiger charge is 2.32. The van der Waals surface area contributed by atoms with E-state index in [1.165, 1.54) is 18.2 Å². The number of hydrogen-bond acceptors (Lipinski definition) is 6. The monoisotopic (exact) mass is 315 g/mol. The van der Waals surface area contributed by atoms with E-state index in [1.54, 1.807) is 6.92 Å². The van der Waals surface area contributed by atoms with Gasteiger partial charge in [0.05, 0.1) is 11.5 Å². The number of anilines is 1. The minimum absolute atomic E-state index is 0.0555. The van der Waals surface area contributed by atoms with Crippen LogP contribution in [0.2, 0.25) is 0 Å². The van der Waals surface area contributed by atoms with E-state index < -0.39 is 25.5 Å². The fourth-order valence-corrected chi connectivity index (χ4v) is 3.82. The number of nitrogens with two attached hydrogens (primary N) is 1. The van der Waals surface area contributed by atoms with Crippen molar-refractivity contribution in [2.75, 3.05) is 18.9 Å². The molecule has 1 aromatic carbocycles. The molecule has 1 fully saturated rings. The number of sulfonamides is 1. The Bertz CT molecular complexity index is 640. The Morgan fingerprint density at radius 1 is 1.52 bits per heavy atom. The molecule has 3 N–H and O–H groups in total. The van der Waals surface area contributed by atoms with Crippen molar-refractivity contribution in [1.29, 1.82) is 0 Å². The summed E-state index contributed by atoms with van der Waals surface area (Å²) < 4.78 is 32.4. The number of rotatable bonds is 5. The molecular formula is C12H17N3O5S. The molecule has 2 rings (SSSR count). The van der Waals surface area contributed by atoms with Crippen molar-refractivity contribution in [3.63, 3.8) is 0 Å². The lowest BCUT2D eigenvalue weighted by Crippen LogP contribution is -2.38. The molecule has 2 atom stereocenters. The molecule has 0 aliphatic carbocycles. The van der Waals surface area contributed by atoms with E-state index in [4.69, 9.17) is 10.5 Å². The first kappa shape index (κ1) is 15.7. The van der Waals surface area contributed by atoms with Crippen LogP contribution in [0.3, 0.4) is 0 Å². The number of para-hydroxylation sites is 1. The Hall–Kier alpha value is -1.71. The fourth-order valence-electron chi connectivity index (χ4n) is 2.30. The third-order valence-electron chi connectivity index (χ3n) is 3.52. The maximum absolute atomic E-state index is 12.4. The van der Waals surface area contributed by atoms with Crippen molar-refractivity contribution in [3.8, 4) is 0 Å². The van der Waals surface area contributed by atoms with Crippen LogP contribution in [0, 0.1) is 16.0 Å². The summed E-state index contributed by atoms with van der Waals surface area (Å²) in [6.07, 6.45) is 0.753. The molecule has 1 aliphatic rings. The van der Waals surface area contributed by atoms with Gasteiger partial charge in [-0.15, -0.1) is 0 Å². The second kappa shape index (κ2) is 5.96. The number of nitro benzene ring substituents is 1. The van der Waals surface area contributed by atoms with Gasteiger partial charge in [-0.25, -0.2) is 13.1 Å². The molecule has 1 heterocycles. The van der Waals surface area contributed by atoms with E-state index in [-0.39, 0.29) is 17.6 Å². The van der Waals surface area contributed by atoms with Crippen molar-refractivity contribution in [3.05, 3.63) is 28.3 Å². The fraction of sp³-hybridized carbons (Fsp3) is 0.500. The molecule has 9 heteroatoms. The number of hydrogen-bond donors (Lipinski definition) is 2. The van der Waals surface area contributed by atoms with Gasteiger partial charge in [0, 0.05) is 18.6 Å². The maximum atomic E-state index is 12.4. The first-order valence-electron chi connectivity index (χ1n) is 6.46. The highest BCUT2D eigenvalue weighted by atomic mass is 32.2. The average molecular weight is 315 g/mol. The standard InChI is InChI=1S/C12H17N3O5S/c1-8(9-5-6-20-7-9)14-21(18,19)11-4-2-3-10(13)12(11)15(16)17/h2-4,8-9,14H,5-7,13H2,1H3. The lowest BCUT2D eigenvalue weighted by Gasteiger charge is -2.19. The molecule has 1 saturated heterocycles. The predicted octanol–water partition coefficient (Wildman–Crippen LogP) is 0.880. The Kier molecular flexibility index (Phi) is 4.45. The Balaban J connectivity index is 2.31. The van der Waals surface area contributed by atoms with E-state index in [0.717, 1.165) is 6.42 Å². The Morgan fingerprint density at radius 2 is 2.24 bits per heavy atom. The molecule has 0 amide bonds. The molecule has 0 radical (unpaired) electrons. The summed E-state index contributed by atoms with van der Waals surface area (Å²) in [4.78, 5) is 9.84. The first-order chi connectivity index (χ1) is 9.83. The predicted molar refractivity (Wildman–Crippen MR) is 76.2 cm³/mol. The smallest absolute Gasteiger partial charge is 0.312 e. The van der Waals surface area contributed by atoms with Gasteiger partial charge in [-0.2, -0.15) is 0 Å². The molecule has 8 nitrogen and oxygen atoms in total. The second-order valence-electron chi connectivity index (χ2n) is 4.98. The zero-order valence-corrected chi connectivity index (χ0v) is 12.3. The molecule has 0 aromatic heterocycles. The van der Waals surface area contributed by atoms with Crippen LogP contribution in [0.4, 0.5) is 11.4 Å². The van der Waals surface area contributed by atoms with Crippen LogP contribution in [0.5, 0.6) is 0 Å². The van der Waals surface area contributed by atoms with Crippen LogP contribution in [0.1, 0.15) is 13.3 Å². The average Bonchev–Trinajstić information content (AvgIpc) is 2.91. The summed E-state index contributed by atoms with van der Waals surface area (Å²) in [6, 6.07) is 3.47. The van der Waals surface area contributed by atoms with E-state index in [2.05, 4.69) is 4.72 Å². The number of nitro groups is 1. The molecule has 21 heavy (non-hydrogen) atoms. The summed E-state index contributed by atoms with van der Waals surface area (Å²) >= 11 is 0. The number of nitrogens with one attached hydrogen (secondary N) is 1. The van der Waals surface area contributed by atoms with Gasteiger partial charge < -0.3 is 10.5 Å². The van der Waals surface area contributed by atoms with Crippen LogP contribution < -0.4 is 10.5 Å². The van der Waals surface area contributed by atoms with Crippen LogP contribution in [-0.4, -0.2) is 32.6 Å². The van der Waals surface area contributed by atoms with Gasteiger partial charge >= 0.3 is 5.69 Å². The molecular weight excluding hydrogens is 298 g/mol. The minimum Gasteiger partial charge on any atom is -0.393 e. The van der Waals surface area contributed by atoms with Gasteiger partial charge in [0.15, 0.2) is 4.90 Å². The number of nitrogen functional groups attached to an aromatic ring is 1. The lowest BCUT2D eigenvalue weighted by molar-refractivity contribution is -0.386. The third kappa shape index (κ3) is 3.31. The van der Waals surface area contributed by atoms with Gasteiger partial charge in [-0.3, -0.25) is 10.1 Å². The van der Waals surface area contributed by atoms with Crippen LogP contribution >= 0.6 is 0 Å². The molecule has 116 valence electrons. The normalized spacial score (nSPS) is 20.3. The molecule has 0 spiro atoms. The Morgan fingerprint density at radius 3 is 2.81 bits per heavy atom. The molecule has 1 aliphatic heterocycles. The molecule has 0 bridgehead atoms. The molecule has 2 unspecified atom stereocenters. The van der Waals surface area contributed by atoms with Gasteiger partial charge in [-0.1, -0.05) is 6.07 Å². The zero-order valence-electron chi connectivity index (χ0n) is 11.5. The summed E-state index contributed by atoms with van der Waals surface area (Å²) in [6.45, 7) is 2.78. The SMILES string of the molecule is CC(NS(=O)(=O)c1cccc(N)c1[N+](=O)[O-])C1CCOC1. The highest BCUT2D eigenvalue weighted by molar-refractivity contribution is 7.89. The van der Waals surface area contributed by atoms with Crippen molar-refractivity contribution in [2.24, 2.45) is 5.92 Å². The maximum Gasteiger partial charge on any atom is 0.312 e. The van der Waals surface area contributed by atoms with Crippen molar-refractivity contribution >= 4 is 21.4 Å². The summed E-state index contributed by atoms with van der Waals surface area (Å²) in [5.41, 5.74) is 4.74. The van der Waals surface area contributed by atoms with Gasteiger partial charge in [0.2, 0.25) is 10.0 Å². The zero-order chi connectivity index (χ0) is 15.6. The van der Waals surface area contributed by atoms with E-state index in [1.807, 2.05) is 0 Å². The van der Waals surface area contributed by atoms with Crippen LogP contribution in [0.25, 0.3) is 0 Å². The minimum atomic E-state index is -4.02. The molecule has 0 saturated carbocycles. The van der Waals surface area contributed by atoms with Crippen molar-refractivity contribution in [1.82, 2.24) is 4.72 Å². The quantitative estimate of drug-likeness (QED) is 0.472.